The van der Waals surface area contributed by atoms with Gasteiger partial charge in [0.15, 0.2) is 0 Å². The molecule has 0 spiro atoms. The van der Waals surface area contributed by atoms with E-state index in [1.165, 1.54) is 4.90 Å². The number of anilines is 1. The Labute approximate surface area is 233 Å². The van der Waals surface area contributed by atoms with Gasteiger partial charge < -0.3 is 14.4 Å². The van der Waals surface area contributed by atoms with Crippen molar-refractivity contribution in [1.29, 1.82) is 0 Å². The van der Waals surface area contributed by atoms with Crippen LogP contribution in [0.25, 0.3) is 16.7 Å². The first-order chi connectivity index (χ1) is 18.5. The highest BCUT2D eigenvalue weighted by molar-refractivity contribution is 6.52. The number of aliphatic hydroxyl groups excluding tert-OH is 1. The molecule has 2 heterocycles. The highest BCUT2D eigenvalue weighted by Gasteiger charge is 2.48. The molecule has 4 aromatic rings. The average molecular weight is 543 g/mol. The third-order valence-corrected chi connectivity index (χ3v) is 7.35. The quantitative estimate of drug-likeness (QED) is 0.165. The van der Waals surface area contributed by atoms with E-state index in [1.54, 1.807) is 36.4 Å². The summed E-state index contributed by atoms with van der Waals surface area (Å²) in [6.07, 6.45) is 1.91. The van der Waals surface area contributed by atoms with Crippen molar-refractivity contribution in [3.63, 3.8) is 0 Å². The Balaban J connectivity index is 1.79. The van der Waals surface area contributed by atoms with Crippen LogP contribution in [0.3, 0.4) is 0 Å². The lowest BCUT2D eigenvalue weighted by Gasteiger charge is -2.26. The zero-order chi connectivity index (χ0) is 28.1. The van der Waals surface area contributed by atoms with Gasteiger partial charge >= 0.3 is 0 Å². The van der Waals surface area contributed by atoms with Gasteiger partial charge in [0.25, 0.3) is 11.7 Å². The maximum absolute atomic E-state index is 13.7. The molecule has 1 fully saturated rings. The fourth-order valence-electron chi connectivity index (χ4n) is 5.31. The van der Waals surface area contributed by atoms with Crippen LogP contribution in [-0.4, -0.2) is 28.0 Å². The Kier molecular flexibility index (Phi) is 6.77. The van der Waals surface area contributed by atoms with Crippen LogP contribution in [0, 0.1) is 0 Å². The Hall–Kier alpha value is -4.03. The van der Waals surface area contributed by atoms with Gasteiger partial charge in [-0.05, 0) is 54.8 Å². The number of aromatic nitrogens is 1. The van der Waals surface area contributed by atoms with Gasteiger partial charge in [0.2, 0.25) is 0 Å². The van der Waals surface area contributed by atoms with Gasteiger partial charge in [0, 0.05) is 51.5 Å². The predicted octanol–water partition coefficient (Wildman–Crippen LogP) is 7.15. The monoisotopic (exact) mass is 542 g/mol. The van der Waals surface area contributed by atoms with Crippen molar-refractivity contribution in [3.05, 3.63) is 100 Å². The lowest BCUT2D eigenvalue weighted by atomic mass is 9.84. The summed E-state index contributed by atoms with van der Waals surface area (Å²) < 4.78 is 7.80. The third kappa shape index (κ3) is 4.59. The fraction of sp³-hybridized carbons (Fsp3) is 0.250. The first kappa shape index (κ1) is 26.6. The molecule has 1 N–H and O–H groups in total. The molecule has 1 aliphatic heterocycles. The summed E-state index contributed by atoms with van der Waals surface area (Å²) in [5.74, 6) is -0.994. The number of aryl methyl sites for hydroxylation is 1. The number of carbonyl (C=O) groups is 2. The highest BCUT2D eigenvalue weighted by Crippen LogP contribution is 2.45. The van der Waals surface area contributed by atoms with Crippen molar-refractivity contribution in [2.75, 3.05) is 11.5 Å². The maximum Gasteiger partial charge on any atom is 0.300 e. The summed E-state index contributed by atoms with van der Waals surface area (Å²) in [4.78, 5) is 28.7. The SMILES string of the molecule is CCOc1ccc(/C(O)=C2\C(=O)C(=O)N(c3cccc(Cl)c3)C2c2cn(C)c3ccccc23)cc1C(C)(C)C. The van der Waals surface area contributed by atoms with Gasteiger partial charge in [-0.1, -0.05) is 56.6 Å². The molecule has 1 atom stereocenters. The summed E-state index contributed by atoms with van der Waals surface area (Å²) in [6, 6.07) is 19.1. The van der Waals surface area contributed by atoms with E-state index < -0.39 is 17.7 Å². The molecule has 1 amide bonds. The second-order valence-corrected chi connectivity index (χ2v) is 11.2. The number of Topliss-reactive ketones (excluding diaryl/α,β-unsaturated/α-hetero) is 1. The lowest BCUT2D eigenvalue weighted by Crippen LogP contribution is -2.29. The van der Waals surface area contributed by atoms with Gasteiger partial charge in [-0.25, -0.2) is 0 Å². The summed E-state index contributed by atoms with van der Waals surface area (Å²) >= 11 is 6.30. The number of fused-ring (bicyclic) bond motifs is 1. The summed E-state index contributed by atoms with van der Waals surface area (Å²) in [6.45, 7) is 8.59. The molecular weight excluding hydrogens is 512 g/mol. The minimum Gasteiger partial charge on any atom is -0.507 e. The molecule has 1 saturated heterocycles. The van der Waals surface area contributed by atoms with E-state index >= 15 is 0 Å². The predicted molar refractivity (Wildman–Crippen MR) is 155 cm³/mol. The Morgan fingerprint density at radius 1 is 1.03 bits per heavy atom. The van der Waals surface area contributed by atoms with E-state index in [9.17, 15) is 14.7 Å². The standard InChI is InChI=1S/C32H31ClN2O4/c1-6-39-26-15-14-19(16-24(26)32(2,3)4)29(36)27-28(23-18-34(5)25-13-8-7-12-22(23)25)35(31(38)30(27)37)21-11-9-10-20(33)17-21/h7-18,28,36H,6H2,1-5H3/b29-27+. The molecule has 39 heavy (non-hydrogen) atoms. The van der Waals surface area contributed by atoms with Crippen molar-refractivity contribution in [1.82, 2.24) is 4.57 Å². The first-order valence-electron chi connectivity index (χ1n) is 12.9. The zero-order valence-electron chi connectivity index (χ0n) is 22.7. The Morgan fingerprint density at radius 3 is 2.46 bits per heavy atom. The molecule has 1 unspecified atom stereocenters. The van der Waals surface area contributed by atoms with E-state index in [-0.39, 0.29) is 16.7 Å². The number of nitrogens with zero attached hydrogens (tertiary/aromatic N) is 2. The minimum atomic E-state index is -0.862. The first-order valence-corrected chi connectivity index (χ1v) is 13.3. The molecule has 0 bridgehead atoms. The van der Waals surface area contributed by atoms with E-state index in [1.807, 2.05) is 55.1 Å². The van der Waals surface area contributed by atoms with E-state index in [0.29, 0.717) is 28.6 Å². The third-order valence-electron chi connectivity index (χ3n) is 7.11. The fourth-order valence-corrected chi connectivity index (χ4v) is 5.49. The molecule has 1 aromatic heterocycles. The smallest absolute Gasteiger partial charge is 0.300 e. The van der Waals surface area contributed by atoms with Gasteiger partial charge in [-0.2, -0.15) is 0 Å². The number of carbonyl (C=O) groups excluding carboxylic acids is 2. The lowest BCUT2D eigenvalue weighted by molar-refractivity contribution is -0.132. The second kappa shape index (κ2) is 9.93. The number of hydrogen-bond acceptors (Lipinski definition) is 4. The normalized spacial score (nSPS) is 17.3. The van der Waals surface area contributed by atoms with Crippen molar-refractivity contribution < 1.29 is 19.4 Å². The summed E-state index contributed by atoms with van der Waals surface area (Å²) in [5, 5.41) is 13.1. The highest BCUT2D eigenvalue weighted by atomic mass is 35.5. The number of halogens is 1. The van der Waals surface area contributed by atoms with Crippen LogP contribution >= 0.6 is 11.6 Å². The molecule has 0 aliphatic carbocycles. The number of para-hydroxylation sites is 1. The van der Waals surface area contributed by atoms with Crippen LogP contribution in [-0.2, 0) is 22.1 Å². The van der Waals surface area contributed by atoms with Gasteiger partial charge in [0.1, 0.15) is 11.5 Å². The molecule has 0 radical (unpaired) electrons. The zero-order valence-corrected chi connectivity index (χ0v) is 23.4. The van der Waals surface area contributed by atoms with E-state index in [2.05, 4.69) is 20.8 Å². The van der Waals surface area contributed by atoms with Gasteiger partial charge in [0.05, 0.1) is 18.2 Å². The summed E-state index contributed by atoms with van der Waals surface area (Å²) in [5.41, 5.74) is 3.22. The number of ketones is 1. The van der Waals surface area contributed by atoms with Gasteiger partial charge in [-0.15, -0.1) is 0 Å². The number of aliphatic hydroxyl groups is 1. The number of ether oxygens (including phenoxy) is 1. The molecule has 5 rings (SSSR count). The van der Waals surface area contributed by atoms with Crippen LogP contribution in [0.4, 0.5) is 5.69 Å². The van der Waals surface area contributed by atoms with Crippen LogP contribution < -0.4 is 9.64 Å². The summed E-state index contributed by atoms with van der Waals surface area (Å²) in [7, 11) is 1.92. The Bertz CT molecular complexity index is 1640. The Morgan fingerprint density at radius 2 is 1.77 bits per heavy atom. The van der Waals surface area contributed by atoms with Crippen LogP contribution in [0.1, 0.15) is 50.4 Å². The van der Waals surface area contributed by atoms with Crippen molar-refractivity contribution in [3.8, 4) is 5.75 Å². The molecular formula is C32H31ClN2O4. The number of rotatable bonds is 5. The number of hydrogen-bond donors (Lipinski definition) is 1. The molecule has 1 aliphatic rings. The molecule has 7 heteroatoms. The molecule has 200 valence electrons. The number of benzene rings is 3. The van der Waals surface area contributed by atoms with E-state index in [4.69, 9.17) is 16.3 Å². The second-order valence-electron chi connectivity index (χ2n) is 10.8. The average Bonchev–Trinajstić information content (AvgIpc) is 3.36. The molecule has 3 aromatic carbocycles. The number of amides is 1. The molecule has 6 nitrogen and oxygen atoms in total. The topological polar surface area (TPSA) is 71.8 Å². The van der Waals surface area contributed by atoms with Gasteiger partial charge in [-0.3, -0.25) is 14.5 Å². The van der Waals surface area contributed by atoms with Crippen LogP contribution in [0.2, 0.25) is 5.02 Å². The van der Waals surface area contributed by atoms with Crippen molar-refractivity contribution in [2.45, 2.75) is 39.2 Å². The minimum absolute atomic E-state index is 0.0281. The van der Waals surface area contributed by atoms with Crippen LogP contribution in [0.5, 0.6) is 5.75 Å². The maximum atomic E-state index is 13.7. The van der Waals surface area contributed by atoms with Crippen molar-refractivity contribution in [2.24, 2.45) is 7.05 Å². The van der Waals surface area contributed by atoms with Crippen LogP contribution in [0.15, 0.2) is 78.5 Å². The largest absolute Gasteiger partial charge is 0.507 e. The van der Waals surface area contributed by atoms with Crippen molar-refractivity contribution >= 4 is 45.6 Å². The molecule has 0 saturated carbocycles. The van der Waals surface area contributed by atoms with E-state index in [0.717, 1.165) is 22.0 Å².